The number of likely N-dealkylation sites (N-methyl/N-ethyl adjacent to an activating group) is 1. The molecule has 5 heteroatoms. The molecule has 0 spiro atoms. The van der Waals surface area contributed by atoms with Crippen molar-refractivity contribution in [2.75, 3.05) is 13.6 Å². The summed E-state index contributed by atoms with van der Waals surface area (Å²) in [6, 6.07) is 5.79. The van der Waals surface area contributed by atoms with Crippen LogP contribution in [-0.2, 0) is 5.60 Å². The van der Waals surface area contributed by atoms with Gasteiger partial charge < -0.3 is 10.4 Å². The quantitative estimate of drug-likeness (QED) is 0.836. The predicted octanol–water partition coefficient (Wildman–Crippen LogP) is 1.96. The zero-order valence-electron chi connectivity index (χ0n) is 9.10. The van der Waals surface area contributed by atoms with Crippen LogP contribution in [0.15, 0.2) is 24.3 Å². The highest BCUT2D eigenvalue weighted by Crippen LogP contribution is 2.38. The van der Waals surface area contributed by atoms with Gasteiger partial charge in [-0.05, 0) is 19.5 Å². The number of aliphatic hydroxyl groups is 1. The Kier molecular flexibility index (Phi) is 3.60. The second kappa shape index (κ2) is 4.43. The Morgan fingerprint density at radius 3 is 2.38 bits per heavy atom. The first-order chi connectivity index (χ1) is 7.31. The van der Waals surface area contributed by atoms with Crippen LogP contribution in [0, 0.1) is 6.92 Å². The second-order valence-electron chi connectivity index (χ2n) is 3.76. The summed E-state index contributed by atoms with van der Waals surface area (Å²) in [6.45, 7) is 1.11. The zero-order valence-corrected chi connectivity index (χ0v) is 9.10. The van der Waals surface area contributed by atoms with Gasteiger partial charge in [-0.15, -0.1) is 0 Å². The van der Waals surface area contributed by atoms with Gasteiger partial charge in [0.15, 0.2) is 5.60 Å². The Balaban J connectivity index is 3.21. The van der Waals surface area contributed by atoms with E-state index in [0.717, 1.165) is 0 Å². The Morgan fingerprint density at radius 1 is 1.31 bits per heavy atom. The van der Waals surface area contributed by atoms with Crippen LogP contribution in [0.3, 0.4) is 0 Å². The molecule has 1 aromatic rings. The molecule has 0 fully saturated rings. The average Bonchev–Trinajstić information content (AvgIpc) is 2.16. The standard InChI is InChI=1S/C11H14F3NO/c1-8-4-3-5-9(6-8)10(16,7-15-2)11(12,13)14/h3-6,15-16H,7H2,1-2H3. The fraction of sp³-hybridized carbons (Fsp3) is 0.455. The highest BCUT2D eigenvalue weighted by molar-refractivity contribution is 5.29. The molecule has 2 nitrogen and oxygen atoms in total. The Labute approximate surface area is 92.1 Å². The van der Waals surface area contributed by atoms with Crippen molar-refractivity contribution in [3.63, 3.8) is 0 Å². The molecule has 2 N–H and O–H groups in total. The molecular formula is C11H14F3NO. The van der Waals surface area contributed by atoms with Crippen molar-refractivity contribution in [3.05, 3.63) is 35.4 Å². The molecule has 1 aromatic carbocycles. The molecule has 0 saturated carbocycles. The number of hydrogen-bond donors (Lipinski definition) is 2. The molecule has 0 aliphatic heterocycles. The molecule has 0 bridgehead atoms. The fourth-order valence-electron chi connectivity index (χ4n) is 1.52. The molecule has 1 atom stereocenters. The second-order valence-corrected chi connectivity index (χ2v) is 3.76. The summed E-state index contributed by atoms with van der Waals surface area (Å²) in [4.78, 5) is 0. The first-order valence-corrected chi connectivity index (χ1v) is 4.82. The molecule has 90 valence electrons. The lowest BCUT2D eigenvalue weighted by molar-refractivity contribution is -0.264. The molecule has 0 aliphatic rings. The highest BCUT2D eigenvalue weighted by Gasteiger charge is 2.54. The summed E-state index contributed by atoms with van der Waals surface area (Å²) in [6.07, 6.45) is -4.70. The van der Waals surface area contributed by atoms with Crippen LogP contribution in [0.1, 0.15) is 11.1 Å². The van der Waals surface area contributed by atoms with Crippen LogP contribution in [0.5, 0.6) is 0 Å². The summed E-state index contributed by atoms with van der Waals surface area (Å²) in [5.74, 6) is 0. The minimum absolute atomic E-state index is 0.144. The van der Waals surface area contributed by atoms with Gasteiger partial charge >= 0.3 is 6.18 Å². The SMILES string of the molecule is CNCC(O)(c1cccc(C)c1)C(F)(F)F. The molecule has 0 aliphatic carbocycles. The van der Waals surface area contributed by atoms with E-state index in [1.54, 1.807) is 13.0 Å². The lowest BCUT2D eigenvalue weighted by Gasteiger charge is -2.31. The third kappa shape index (κ3) is 2.36. The summed E-state index contributed by atoms with van der Waals surface area (Å²) in [5.41, 5.74) is -2.31. The van der Waals surface area contributed by atoms with Crippen molar-refractivity contribution in [3.8, 4) is 0 Å². The molecule has 1 rings (SSSR count). The van der Waals surface area contributed by atoms with Crippen molar-refractivity contribution < 1.29 is 18.3 Å². The molecule has 0 radical (unpaired) electrons. The minimum Gasteiger partial charge on any atom is -0.375 e. The maximum absolute atomic E-state index is 12.8. The van der Waals surface area contributed by atoms with Gasteiger partial charge in [0.2, 0.25) is 0 Å². The van der Waals surface area contributed by atoms with Gasteiger partial charge in [0.1, 0.15) is 0 Å². The van der Waals surface area contributed by atoms with E-state index < -0.39 is 18.3 Å². The maximum Gasteiger partial charge on any atom is 0.422 e. The number of benzene rings is 1. The first kappa shape index (κ1) is 13.0. The number of rotatable bonds is 3. The highest BCUT2D eigenvalue weighted by atomic mass is 19.4. The molecule has 0 saturated heterocycles. The van der Waals surface area contributed by atoms with Crippen LogP contribution in [0.4, 0.5) is 13.2 Å². The van der Waals surface area contributed by atoms with Gasteiger partial charge in [-0.1, -0.05) is 29.8 Å². The van der Waals surface area contributed by atoms with Crippen LogP contribution < -0.4 is 5.32 Å². The van der Waals surface area contributed by atoms with Crippen LogP contribution in [0.25, 0.3) is 0 Å². The van der Waals surface area contributed by atoms with Crippen molar-refractivity contribution in [2.24, 2.45) is 0 Å². The van der Waals surface area contributed by atoms with Crippen molar-refractivity contribution in [1.82, 2.24) is 5.32 Å². The van der Waals surface area contributed by atoms with Gasteiger partial charge in [0, 0.05) is 6.54 Å². The van der Waals surface area contributed by atoms with E-state index >= 15 is 0 Å². The monoisotopic (exact) mass is 233 g/mol. The number of halogens is 3. The van der Waals surface area contributed by atoms with E-state index in [9.17, 15) is 18.3 Å². The number of hydrogen-bond acceptors (Lipinski definition) is 2. The van der Waals surface area contributed by atoms with E-state index in [0.29, 0.717) is 5.56 Å². The van der Waals surface area contributed by atoms with E-state index in [2.05, 4.69) is 5.32 Å². The van der Waals surface area contributed by atoms with Crippen LogP contribution in [0.2, 0.25) is 0 Å². The number of aryl methyl sites for hydroxylation is 1. The first-order valence-electron chi connectivity index (χ1n) is 4.82. The van der Waals surface area contributed by atoms with E-state index in [4.69, 9.17) is 0 Å². The van der Waals surface area contributed by atoms with Crippen molar-refractivity contribution in [1.29, 1.82) is 0 Å². The lowest BCUT2D eigenvalue weighted by Crippen LogP contribution is -2.49. The summed E-state index contributed by atoms with van der Waals surface area (Å²) < 4.78 is 38.5. The Morgan fingerprint density at radius 2 is 1.94 bits per heavy atom. The summed E-state index contributed by atoms with van der Waals surface area (Å²) >= 11 is 0. The third-order valence-corrected chi connectivity index (χ3v) is 2.40. The normalized spacial score (nSPS) is 15.9. The predicted molar refractivity (Wildman–Crippen MR) is 55.1 cm³/mol. The molecule has 16 heavy (non-hydrogen) atoms. The molecule has 0 heterocycles. The van der Waals surface area contributed by atoms with Crippen molar-refractivity contribution >= 4 is 0 Å². The number of nitrogens with one attached hydrogen (secondary N) is 1. The molecular weight excluding hydrogens is 219 g/mol. The summed E-state index contributed by atoms with van der Waals surface area (Å²) in [5, 5.41) is 12.1. The zero-order chi connectivity index (χ0) is 12.4. The van der Waals surface area contributed by atoms with E-state index in [1.165, 1.54) is 25.2 Å². The van der Waals surface area contributed by atoms with Gasteiger partial charge in [-0.2, -0.15) is 13.2 Å². The van der Waals surface area contributed by atoms with Crippen molar-refractivity contribution in [2.45, 2.75) is 18.7 Å². The van der Waals surface area contributed by atoms with Gasteiger partial charge in [-0.25, -0.2) is 0 Å². The average molecular weight is 233 g/mol. The van der Waals surface area contributed by atoms with E-state index in [-0.39, 0.29) is 5.56 Å². The topological polar surface area (TPSA) is 32.3 Å². The third-order valence-electron chi connectivity index (χ3n) is 2.40. The lowest BCUT2D eigenvalue weighted by atomic mass is 9.92. The molecule has 1 unspecified atom stereocenters. The van der Waals surface area contributed by atoms with Gasteiger partial charge in [-0.3, -0.25) is 0 Å². The Bertz CT molecular complexity index is 364. The summed E-state index contributed by atoms with van der Waals surface area (Å²) in [7, 11) is 1.37. The maximum atomic E-state index is 12.8. The number of alkyl halides is 3. The largest absolute Gasteiger partial charge is 0.422 e. The molecule has 0 amide bonds. The van der Waals surface area contributed by atoms with Gasteiger partial charge in [0.25, 0.3) is 0 Å². The smallest absolute Gasteiger partial charge is 0.375 e. The van der Waals surface area contributed by atoms with Gasteiger partial charge in [0.05, 0.1) is 0 Å². The molecule has 0 aromatic heterocycles. The fourth-order valence-corrected chi connectivity index (χ4v) is 1.52. The Hall–Kier alpha value is -1.07. The van der Waals surface area contributed by atoms with Crippen LogP contribution >= 0.6 is 0 Å². The minimum atomic E-state index is -4.70. The van der Waals surface area contributed by atoms with E-state index in [1.807, 2.05) is 0 Å². The van der Waals surface area contributed by atoms with Crippen LogP contribution in [-0.4, -0.2) is 24.9 Å².